The summed E-state index contributed by atoms with van der Waals surface area (Å²) in [6.45, 7) is 10.6. The molecule has 0 aromatic heterocycles. The molecule has 168 valence electrons. The Hall–Kier alpha value is -2.54. The van der Waals surface area contributed by atoms with Crippen LogP contribution in [0.4, 0.5) is 0 Å². The fraction of sp³-hybridized carbons (Fsp3) is 0.583. The van der Waals surface area contributed by atoms with Gasteiger partial charge in [-0.25, -0.2) is 5.43 Å². The van der Waals surface area contributed by atoms with Crippen LogP contribution in [0.1, 0.15) is 46.5 Å². The lowest BCUT2D eigenvalue weighted by Crippen LogP contribution is -2.36. The van der Waals surface area contributed by atoms with E-state index in [0.29, 0.717) is 35.5 Å². The van der Waals surface area contributed by atoms with Crippen molar-refractivity contribution in [2.45, 2.75) is 46.5 Å². The van der Waals surface area contributed by atoms with Crippen molar-refractivity contribution in [1.82, 2.24) is 10.3 Å². The van der Waals surface area contributed by atoms with Gasteiger partial charge in [0.05, 0.1) is 0 Å². The molecule has 31 heavy (non-hydrogen) atoms. The van der Waals surface area contributed by atoms with Crippen LogP contribution in [0.2, 0.25) is 0 Å². The molecule has 4 aliphatic rings. The van der Waals surface area contributed by atoms with Crippen molar-refractivity contribution >= 4 is 11.6 Å². The highest BCUT2D eigenvalue weighted by atomic mass is 16.8. The van der Waals surface area contributed by atoms with Crippen molar-refractivity contribution in [2.24, 2.45) is 28.8 Å². The quantitative estimate of drug-likeness (QED) is 0.408. The number of hydrazone groups is 1. The fourth-order valence-corrected chi connectivity index (χ4v) is 5.18. The molecule has 3 atom stereocenters. The number of hydrogen-bond donors (Lipinski definition) is 1. The third-order valence-electron chi connectivity index (χ3n) is 7.01. The van der Waals surface area contributed by atoms with E-state index in [1.165, 1.54) is 50.2 Å². The summed E-state index contributed by atoms with van der Waals surface area (Å²) in [5, 5.41) is 26.1. The summed E-state index contributed by atoms with van der Waals surface area (Å²) in [6, 6.07) is 0. The average molecular weight is 426 g/mol. The maximum Gasteiger partial charge on any atom is 0.222 e. The smallest absolute Gasteiger partial charge is 0.222 e. The average Bonchev–Trinajstić information content (AvgIpc) is 3.42. The zero-order chi connectivity index (χ0) is 22.0. The van der Waals surface area contributed by atoms with E-state index in [0.717, 1.165) is 18.4 Å². The van der Waals surface area contributed by atoms with E-state index < -0.39 is 4.90 Å². The van der Waals surface area contributed by atoms with Crippen molar-refractivity contribution in [3.63, 3.8) is 0 Å². The highest BCUT2D eigenvalue weighted by Crippen LogP contribution is 2.40. The molecule has 1 fully saturated rings. The Labute approximate surface area is 184 Å². The standard InChI is InChI=1S/C24H33N4O3/c1-16(2)22-13-19(17(3)12-20(22)15-27-10-4-5-11-27)14-23-25-26-24(31-23)18-6-8-21(9-7-18)28(29)30/h6-9,12,16,19-20,22,26H,4-5,10-11,13-15H2,1-3H3/q-1. The van der Waals surface area contributed by atoms with Crippen LogP contribution in [-0.4, -0.2) is 41.0 Å². The molecule has 0 saturated carbocycles. The van der Waals surface area contributed by atoms with Gasteiger partial charge in [0, 0.05) is 30.7 Å². The van der Waals surface area contributed by atoms with Gasteiger partial charge in [0.1, 0.15) is 0 Å². The van der Waals surface area contributed by atoms with Crippen LogP contribution in [0.15, 0.2) is 52.5 Å². The number of likely N-dealkylation sites (tertiary alicyclic amines) is 1. The van der Waals surface area contributed by atoms with Crippen LogP contribution in [0.5, 0.6) is 0 Å². The molecule has 0 aromatic carbocycles. The van der Waals surface area contributed by atoms with E-state index in [4.69, 9.17) is 4.74 Å². The van der Waals surface area contributed by atoms with Gasteiger partial charge in [-0.15, -0.1) is 5.10 Å². The predicted molar refractivity (Wildman–Crippen MR) is 123 cm³/mol. The Morgan fingerprint density at radius 1 is 1.19 bits per heavy atom. The summed E-state index contributed by atoms with van der Waals surface area (Å²) in [4.78, 5) is 2.23. The van der Waals surface area contributed by atoms with E-state index in [9.17, 15) is 10.4 Å². The molecule has 0 aromatic rings. The summed E-state index contributed by atoms with van der Waals surface area (Å²) in [6.07, 6.45) is 13.4. The van der Waals surface area contributed by atoms with Crippen LogP contribution in [0.25, 0.3) is 0 Å². The van der Waals surface area contributed by atoms with Gasteiger partial charge in [0.2, 0.25) is 17.5 Å². The van der Waals surface area contributed by atoms with Gasteiger partial charge in [-0.3, -0.25) is 0 Å². The lowest BCUT2D eigenvalue weighted by Gasteiger charge is -2.38. The second kappa shape index (κ2) is 9.30. The molecule has 2 heterocycles. The number of rotatable bonds is 5. The van der Waals surface area contributed by atoms with Gasteiger partial charge < -0.3 is 20.1 Å². The minimum Gasteiger partial charge on any atom is -0.612 e. The molecule has 7 heteroatoms. The molecule has 3 unspecified atom stereocenters. The molecule has 4 rings (SSSR count). The first-order valence-electron chi connectivity index (χ1n) is 11.4. The topological polar surface area (TPSA) is 86.0 Å². The highest BCUT2D eigenvalue weighted by molar-refractivity contribution is 6.02. The van der Waals surface area contributed by atoms with Gasteiger partial charge in [-0.05, 0) is 75.1 Å². The van der Waals surface area contributed by atoms with Crippen LogP contribution < -0.4 is 5.43 Å². The van der Waals surface area contributed by atoms with Gasteiger partial charge >= 0.3 is 0 Å². The second-order valence-electron chi connectivity index (χ2n) is 9.48. The number of nitrogens with zero attached hydrogens (tertiary/aromatic N) is 3. The summed E-state index contributed by atoms with van der Waals surface area (Å²) in [5.41, 5.74) is 5.21. The van der Waals surface area contributed by atoms with Gasteiger partial charge in [-0.1, -0.05) is 25.5 Å². The Kier molecular flexibility index (Phi) is 6.51. The molecule has 0 radical (unpaired) electrons. The Morgan fingerprint density at radius 2 is 1.90 bits per heavy atom. The van der Waals surface area contributed by atoms with E-state index in [2.05, 4.69) is 42.3 Å². The van der Waals surface area contributed by atoms with Gasteiger partial charge in [0.15, 0.2) is 0 Å². The molecule has 1 N–H and O–H groups in total. The molecular weight excluding hydrogens is 392 g/mol. The maximum absolute atomic E-state index is 10.9. The SMILES string of the molecule is CC1=CC(CN2CCCC2)C(C(C)C)CC1CC1=NNC(=C2C=CC(=[N+]([O-])[O-])C=C2)O1. The van der Waals surface area contributed by atoms with Crippen molar-refractivity contribution in [3.05, 3.63) is 57.8 Å². The Balaban J connectivity index is 1.40. The van der Waals surface area contributed by atoms with Crippen molar-refractivity contribution in [2.75, 3.05) is 19.6 Å². The Morgan fingerprint density at radius 3 is 2.55 bits per heavy atom. The van der Waals surface area contributed by atoms with Crippen LogP contribution >= 0.6 is 0 Å². The molecule has 0 spiro atoms. The van der Waals surface area contributed by atoms with E-state index in [-0.39, 0.29) is 5.71 Å². The summed E-state index contributed by atoms with van der Waals surface area (Å²) >= 11 is 0. The molecule has 0 bridgehead atoms. The minimum atomic E-state index is -0.403. The molecule has 7 nitrogen and oxygen atoms in total. The van der Waals surface area contributed by atoms with Crippen molar-refractivity contribution < 1.29 is 9.64 Å². The monoisotopic (exact) mass is 425 g/mol. The van der Waals surface area contributed by atoms with Crippen LogP contribution in [0.3, 0.4) is 0 Å². The third-order valence-corrected chi connectivity index (χ3v) is 7.01. The summed E-state index contributed by atoms with van der Waals surface area (Å²) < 4.78 is 5.98. The molecular formula is C24H33N4O3-. The van der Waals surface area contributed by atoms with E-state index in [1.54, 1.807) is 12.2 Å². The van der Waals surface area contributed by atoms with Crippen molar-refractivity contribution in [1.29, 1.82) is 0 Å². The minimum absolute atomic E-state index is 0.0645. The zero-order valence-corrected chi connectivity index (χ0v) is 18.7. The first-order chi connectivity index (χ1) is 14.9. The van der Waals surface area contributed by atoms with Gasteiger partial charge in [-0.2, -0.15) is 4.90 Å². The number of nitrogens with one attached hydrogen (secondary N) is 1. The summed E-state index contributed by atoms with van der Waals surface area (Å²) in [5.74, 6) is 3.59. The first-order valence-corrected chi connectivity index (χ1v) is 11.4. The molecule has 0 amide bonds. The highest BCUT2D eigenvalue weighted by Gasteiger charge is 2.34. The van der Waals surface area contributed by atoms with Crippen LogP contribution in [-0.2, 0) is 4.74 Å². The Bertz CT molecular complexity index is 853. The van der Waals surface area contributed by atoms with E-state index >= 15 is 0 Å². The maximum atomic E-state index is 10.9. The molecule has 2 aliphatic carbocycles. The number of allylic oxidation sites excluding steroid dienone is 6. The molecule has 1 saturated heterocycles. The van der Waals surface area contributed by atoms with Crippen molar-refractivity contribution in [3.8, 4) is 0 Å². The lowest BCUT2D eigenvalue weighted by molar-refractivity contribution is -0.377. The van der Waals surface area contributed by atoms with E-state index in [1.807, 2.05) is 0 Å². The van der Waals surface area contributed by atoms with Gasteiger partial charge in [0.25, 0.3) is 0 Å². The zero-order valence-electron chi connectivity index (χ0n) is 18.7. The number of ether oxygens (including phenoxy) is 1. The summed E-state index contributed by atoms with van der Waals surface area (Å²) in [7, 11) is 0. The van der Waals surface area contributed by atoms with Crippen LogP contribution in [0, 0.1) is 34.1 Å². The second-order valence-corrected chi connectivity index (χ2v) is 9.48. The third kappa shape index (κ3) is 5.03. The fourth-order valence-electron chi connectivity index (χ4n) is 5.18. The first kappa shape index (κ1) is 21.7. The predicted octanol–water partition coefficient (Wildman–Crippen LogP) is 4.05. The molecule has 2 aliphatic heterocycles. The largest absolute Gasteiger partial charge is 0.612 e. The normalized spacial score (nSPS) is 28.6. The lowest BCUT2D eigenvalue weighted by atomic mass is 9.69. The number of hydrogen-bond acceptors (Lipinski definition) is 6.